The van der Waals surface area contributed by atoms with E-state index in [1.54, 1.807) is 0 Å². The molecule has 0 spiro atoms. The largest absolute Gasteiger partial charge is 0.0804 e. The Labute approximate surface area is 171 Å². The van der Waals surface area contributed by atoms with Crippen molar-refractivity contribution in [3.8, 4) is 11.1 Å². The third kappa shape index (κ3) is 2.53. The Hall–Kier alpha value is -3.38. The lowest BCUT2D eigenvalue weighted by Gasteiger charge is -2.28. The van der Waals surface area contributed by atoms with Gasteiger partial charge in [-0.05, 0) is 45.0 Å². The Balaban J connectivity index is 1.65. The van der Waals surface area contributed by atoms with E-state index in [9.17, 15) is 0 Å². The molecule has 0 N–H and O–H groups in total. The predicted octanol–water partition coefficient (Wildman–Crippen LogP) is 7.62. The molecule has 4 aromatic rings. The zero-order chi connectivity index (χ0) is 19.2. The Morgan fingerprint density at radius 3 is 2.34 bits per heavy atom. The van der Waals surface area contributed by atoms with Crippen molar-refractivity contribution in [3.63, 3.8) is 0 Å². The summed E-state index contributed by atoms with van der Waals surface area (Å²) in [6, 6.07) is 33.6. The van der Waals surface area contributed by atoms with Crippen molar-refractivity contribution >= 4 is 10.8 Å². The van der Waals surface area contributed by atoms with Crippen molar-refractivity contribution in [1.29, 1.82) is 0 Å². The highest BCUT2D eigenvalue weighted by Gasteiger charge is 2.37. The van der Waals surface area contributed by atoms with Crippen molar-refractivity contribution < 1.29 is 0 Å². The van der Waals surface area contributed by atoms with Crippen LogP contribution in [0.4, 0.5) is 0 Å². The number of benzene rings is 4. The molecule has 4 aromatic carbocycles. The van der Waals surface area contributed by atoms with Gasteiger partial charge in [0.2, 0.25) is 0 Å². The molecule has 2 unspecified atom stereocenters. The smallest absolute Gasteiger partial charge is 0.0208 e. The van der Waals surface area contributed by atoms with E-state index in [4.69, 9.17) is 0 Å². The number of fused-ring (bicyclic) bond motifs is 5. The van der Waals surface area contributed by atoms with Crippen LogP contribution in [-0.2, 0) is 0 Å². The van der Waals surface area contributed by atoms with E-state index in [0.29, 0.717) is 11.8 Å². The second-order valence-electron chi connectivity index (χ2n) is 8.08. The van der Waals surface area contributed by atoms with Crippen molar-refractivity contribution in [1.82, 2.24) is 0 Å². The average molecular weight is 370 g/mol. The molecule has 0 amide bonds. The fourth-order valence-electron chi connectivity index (χ4n) is 5.35. The molecule has 2 atom stereocenters. The topological polar surface area (TPSA) is 0 Å². The number of hydrogen-bond acceptors (Lipinski definition) is 0. The summed E-state index contributed by atoms with van der Waals surface area (Å²) in [6.07, 6.45) is 7.88. The van der Waals surface area contributed by atoms with E-state index >= 15 is 0 Å². The monoisotopic (exact) mass is 370 g/mol. The Morgan fingerprint density at radius 1 is 0.690 bits per heavy atom. The minimum atomic E-state index is 0.347. The summed E-state index contributed by atoms with van der Waals surface area (Å²) in [4.78, 5) is 0. The number of rotatable bonds is 3. The molecule has 2 aliphatic rings. The number of allylic oxidation sites excluding steroid dienone is 4. The quantitative estimate of drug-likeness (QED) is 0.348. The molecule has 0 fully saturated rings. The van der Waals surface area contributed by atoms with Crippen LogP contribution in [0, 0.1) is 0 Å². The van der Waals surface area contributed by atoms with Gasteiger partial charge >= 0.3 is 0 Å². The predicted molar refractivity (Wildman–Crippen MR) is 122 cm³/mol. The molecule has 6 rings (SSSR count). The molecule has 0 aromatic heterocycles. The minimum Gasteiger partial charge on any atom is -0.0804 e. The molecule has 2 aliphatic carbocycles. The Kier molecular flexibility index (Phi) is 3.77. The summed E-state index contributed by atoms with van der Waals surface area (Å²) in [5.41, 5.74) is 8.67. The maximum Gasteiger partial charge on any atom is 0.0208 e. The van der Waals surface area contributed by atoms with Gasteiger partial charge in [0, 0.05) is 11.8 Å². The molecule has 0 heteroatoms. The van der Waals surface area contributed by atoms with Gasteiger partial charge in [-0.25, -0.2) is 0 Å². The van der Waals surface area contributed by atoms with Gasteiger partial charge in [-0.15, -0.1) is 0 Å². The highest BCUT2D eigenvalue weighted by Crippen LogP contribution is 2.55. The summed E-state index contributed by atoms with van der Waals surface area (Å²) in [6.45, 7) is 0. The zero-order valence-corrected chi connectivity index (χ0v) is 16.3. The summed E-state index contributed by atoms with van der Waals surface area (Å²) in [5, 5.41) is 2.69. The van der Waals surface area contributed by atoms with E-state index in [2.05, 4.69) is 109 Å². The van der Waals surface area contributed by atoms with Gasteiger partial charge in [0.05, 0.1) is 0 Å². The molecular weight excluding hydrogens is 348 g/mol. The van der Waals surface area contributed by atoms with Crippen LogP contribution < -0.4 is 0 Å². The summed E-state index contributed by atoms with van der Waals surface area (Å²) < 4.78 is 0. The van der Waals surface area contributed by atoms with Gasteiger partial charge in [0.1, 0.15) is 0 Å². The van der Waals surface area contributed by atoms with E-state index in [0.717, 1.165) is 6.42 Å². The number of hydrogen-bond donors (Lipinski definition) is 0. The average Bonchev–Trinajstić information content (AvgIpc) is 3.42. The SMILES string of the molecule is C1=CCC(C(c2ccccc2)C2c3ccccc3-c3c2ccc2ccccc32)=C1. The summed E-state index contributed by atoms with van der Waals surface area (Å²) in [5.74, 6) is 0.703. The first-order valence-electron chi connectivity index (χ1n) is 10.4. The molecular formula is C29H22. The first-order chi connectivity index (χ1) is 14.4. The second kappa shape index (κ2) is 6.60. The van der Waals surface area contributed by atoms with Crippen LogP contribution in [0.15, 0.2) is 115 Å². The van der Waals surface area contributed by atoms with Gasteiger partial charge in [-0.1, -0.05) is 115 Å². The van der Waals surface area contributed by atoms with Crippen LogP contribution in [0.5, 0.6) is 0 Å². The molecule has 29 heavy (non-hydrogen) atoms. The first kappa shape index (κ1) is 16.6. The van der Waals surface area contributed by atoms with Crippen molar-refractivity contribution in [3.05, 3.63) is 131 Å². The third-order valence-corrected chi connectivity index (χ3v) is 6.55. The third-order valence-electron chi connectivity index (χ3n) is 6.55. The fraction of sp³-hybridized carbons (Fsp3) is 0.103. The van der Waals surface area contributed by atoms with Gasteiger partial charge in [0.15, 0.2) is 0 Å². The Bertz CT molecular complexity index is 1270. The fourth-order valence-corrected chi connectivity index (χ4v) is 5.35. The van der Waals surface area contributed by atoms with E-state index in [1.807, 2.05) is 0 Å². The lowest BCUT2D eigenvalue weighted by molar-refractivity contribution is 0.685. The van der Waals surface area contributed by atoms with Crippen LogP contribution in [0.25, 0.3) is 21.9 Å². The molecule has 0 heterocycles. The summed E-state index contributed by atoms with van der Waals surface area (Å²) >= 11 is 0. The van der Waals surface area contributed by atoms with Crippen molar-refractivity contribution in [2.24, 2.45) is 0 Å². The first-order valence-corrected chi connectivity index (χ1v) is 10.4. The van der Waals surface area contributed by atoms with E-state index in [1.165, 1.54) is 44.2 Å². The van der Waals surface area contributed by atoms with Gasteiger partial charge in [0.25, 0.3) is 0 Å². The highest BCUT2D eigenvalue weighted by molar-refractivity contribution is 6.02. The molecule has 0 saturated heterocycles. The van der Waals surface area contributed by atoms with Gasteiger partial charge in [-0.3, -0.25) is 0 Å². The molecule has 0 aliphatic heterocycles. The standard InChI is InChI=1S/C29H22/c1-2-11-21(12-3-1)27(22-13-4-5-14-22)29-25-17-9-8-16-24(25)28-23-15-7-6-10-20(23)18-19-26(28)29/h1-13,15-19,27,29H,14H2. The van der Waals surface area contributed by atoms with Crippen LogP contribution in [-0.4, -0.2) is 0 Å². The second-order valence-corrected chi connectivity index (χ2v) is 8.08. The maximum atomic E-state index is 2.38. The molecule has 0 saturated carbocycles. The maximum absolute atomic E-state index is 2.38. The van der Waals surface area contributed by atoms with Crippen molar-refractivity contribution in [2.75, 3.05) is 0 Å². The summed E-state index contributed by atoms with van der Waals surface area (Å²) in [7, 11) is 0. The minimum absolute atomic E-state index is 0.347. The Morgan fingerprint density at radius 2 is 1.48 bits per heavy atom. The highest BCUT2D eigenvalue weighted by atomic mass is 14.4. The van der Waals surface area contributed by atoms with Crippen LogP contribution in [0.3, 0.4) is 0 Å². The lowest BCUT2D eigenvalue weighted by Crippen LogP contribution is -2.13. The van der Waals surface area contributed by atoms with Crippen molar-refractivity contribution in [2.45, 2.75) is 18.3 Å². The van der Waals surface area contributed by atoms with Gasteiger partial charge < -0.3 is 0 Å². The zero-order valence-electron chi connectivity index (χ0n) is 16.3. The lowest BCUT2D eigenvalue weighted by atomic mass is 9.75. The van der Waals surface area contributed by atoms with Gasteiger partial charge in [-0.2, -0.15) is 0 Å². The van der Waals surface area contributed by atoms with Crippen LogP contribution >= 0.6 is 0 Å². The van der Waals surface area contributed by atoms with Crippen LogP contribution in [0.2, 0.25) is 0 Å². The van der Waals surface area contributed by atoms with Crippen LogP contribution in [0.1, 0.15) is 34.9 Å². The molecule has 0 bridgehead atoms. The normalized spacial score (nSPS) is 17.8. The van der Waals surface area contributed by atoms with E-state index in [-0.39, 0.29) is 0 Å². The molecule has 138 valence electrons. The molecule has 0 nitrogen and oxygen atoms in total. The van der Waals surface area contributed by atoms with E-state index < -0.39 is 0 Å². The molecule has 0 radical (unpaired) electrons.